The van der Waals surface area contributed by atoms with Gasteiger partial charge in [-0.2, -0.15) is 0 Å². The van der Waals surface area contributed by atoms with Crippen LogP contribution in [0, 0.1) is 13.8 Å². The Kier molecular flexibility index (Phi) is 4.48. The average molecular weight is 269 g/mol. The van der Waals surface area contributed by atoms with Crippen LogP contribution in [-0.4, -0.2) is 10.9 Å². The summed E-state index contributed by atoms with van der Waals surface area (Å²) in [7, 11) is 0. The van der Waals surface area contributed by atoms with Crippen molar-refractivity contribution in [2.75, 3.05) is 5.32 Å². The molecule has 2 rings (SSSR count). The molecule has 3 N–H and O–H groups in total. The lowest BCUT2D eigenvalue weighted by molar-refractivity contribution is -0.115. The molecular formula is C16H19N3O. The molecule has 104 valence electrons. The highest BCUT2D eigenvalue weighted by atomic mass is 16.1. The minimum absolute atomic E-state index is 0.0667. The normalized spacial score (nSPS) is 10.3. The minimum Gasteiger partial charge on any atom is -0.326 e. The maximum atomic E-state index is 12.0. The first-order chi connectivity index (χ1) is 9.56. The number of aryl methyl sites for hydroxylation is 2. The van der Waals surface area contributed by atoms with E-state index in [1.807, 2.05) is 50.2 Å². The number of aromatic nitrogens is 1. The number of anilines is 1. The molecule has 0 fully saturated rings. The number of carbonyl (C=O) groups excluding carboxylic acids is 1. The van der Waals surface area contributed by atoms with Crippen molar-refractivity contribution in [1.82, 2.24) is 4.98 Å². The predicted octanol–water partition coefficient (Wildman–Crippen LogP) is 2.34. The molecule has 1 aromatic heterocycles. The molecule has 0 aliphatic carbocycles. The second kappa shape index (κ2) is 6.30. The molecule has 20 heavy (non-hydrogen) atoms. The molecular weight excluding hydrogens is 250 g/mol. The highest BCUT2D eigenvalue weighted by Gasteiger charge is 2.06. The summed E-state index contributed by atoms with van der Waals surface area (Å²) in [6.45, 7) is 4.41. The number of amides is 1. The van der Waals surface area contributed by atoms with Crippen molar-refractivity contribution >= 4 is 11.7 Å². The topological polar surface area (TPSA) is 68.0 Å². The number of rotatable bonds is 4. The van der Waals surface area contributed by atoms with E-state index in [9.17, 15) is 4.79 Å². The van der Waals surface area contributed by atoms with Crippen LogP contribution in [-0.2, 0) is 17.8 Å². The molecule has 2 aromatic rings. The lowest BCUT2D eigenvalue weighted by atomic mass is 10.1. The summed E-state index contributed by atoms with van der Waals surface area (Å²) in [6.07, 6.45) is 0.333. The van der Waals surface area contributed by atoms with Gasteiger partial charge in [0.15, 0.2) is 0 Å². The lowest BCUT2D eigenvalue weighted by Gasteiger charge is -2.07. The van der Waals surface area contributed by atoms with Crippen LogP contribution in [0.5, 0.6) is 0 Å². The number of nitrogens with one attached hydrogen (secondary N) is 1. The molecule has 1 amide bonds. The maximum Gasteiger partial charge on any atom is 0.229 e. The highest BCUT2D eigenvalue weighted by Crippen LogP contribution is 2.10. The number of carbonyl (C=O) groups is 1. The summed E-state index contributed by atoms with van der Waals surface area (Å²) in [5, 5.41) is 2.83. The zero-order chi connectivity index (χ0) is 14.5. The monoisotopic (exact) mass is 269 g/mol. The fourth-order valence-electron chi connectivity index (χ4n) is 2.07. The first-order valence-electron chi connectivity index (χ1n) is 6.60. The van der Waals surface area contributed by atoms with E-state index < -0.39 is 0 Å². The van der Waals surface area contributed by atoms with Crippen molar-refractivity contribution < 1.29 is 4.79 Å². The Labute approximate surface area is 119 Å². The SMILES string of the molecule is Cc1cc(C)nc(NC(=O)Cc2ccc(CN)cc2)c1. The number of nitrogens with zero attached hydrogens (tertiary/aromatic N) is 1. The molecule has 0 atom stereocenters. The first-order valence-corrected chi connectivity index (χ1v) is 6.60. The van der Waals surface area contributed by atoms with Gasteiger partial charge in [-0.1, -0.05) is 24.3 Å². The van der Waals surface area contributed by atoms with Gasteiger partial charge in [0.2, 0.25) is 5.91 Å². The van der Waals surface area contributed by atoms with Crippen molar-refractivity contribution in [2.45, 2.75) is 26.8 Å². The Morgan fingerprint density at radius 1 is 1.15 bits per heavy atom. The van der Waals surface area contributed by atoms with Crippen LogP contribution < -0.4 is 11.1 Å². The second-order valence-electron chi connectivity index (χ2n) is 4.92. The van der Waals surface area contributed by atoms with Crippen molar-refractivity contribution in [1.29, 1.82) is 0 Å². The zero-order valence-corrected chi connectivity index (χ0v) is 11.8. The molecule has 0 bridgehead atoms. The van der Waals surface area contributed by atoms with Gasteiger partial charge in [0.05, 0.1) is 6.42 Å². The van der Waals surface area contributed by atoms with Crippen LogP contribution in [0.2, 0.25) is 0 Å². The quantitative estimate of drug-likeness (QED) is 0.895. The molecule has 0 aliphatic rings. The Bertz CT molecular complexity index is 585. The Morgan fingerprint density at radius 2 is 1.80 bits per heavy atom. The molecule has 4 heteroatoms. The molecule has 0 unspecified atom stereocenters. The first kappa shape index (κ1) is 14.2. The number of nitrogens with two attached hydrogens (primary N) is 1. The molecule has 0 saturated carbocycles. The largest absolute Gasteiger partial charge is 0.326 e. The van der Waals surface area contributed by atoms with Crippen molar-refractivity contribution in [3.63, 3.8) is 0 Å². The van der Waals surface area contributed by atoms with E-state index in [-0.39, 0.29) is 5.91 Å². The van der Waals surface area contributed by atoms with Crippen LogP contribution in [0.3, 0.4) is 0 Å². The van der Waals surface area contributed by atoms with Crippen LogP contribution in [0.4, 0.5) is 5.82 Å². The average Bonchev–Trinajstić information content (AvgIpc) is 2.38. The summed E-state index contributed by atoms with van der Waals surface area (Å²) in [4.78, 5) is 16.3. The molecule has 1 aromatic carbocycles. The third kappa shape index (κ3) is 3.90. The van der Waals surface area contributed by atoms with Gasteiger partial charge in [-0.05, 0) is 42.7 Å². The summed E-state index contributed by atoms with van der Waals surface area (Å²) >= 11 is 0. The van der Waals surface area contributed by atoms with Crippen molar-refractivity contribution in [2.24, 2.45) is 5.73 Å². The fourth-order valence-corrected chi connectivity index (χ4v) is 2.07. The standard InChI is InChI=1S/C16H19N3O/c1-11-7-12(2)18-15(8-11)19-16(20)9-13-3-5-14(10-17)6-4-13/h3-8H,9-10,17H2,1-2H3,(H,18,19,20). The van der Waals surface area contributed by atoms with E-state index in [0.29, 0.717) is 18.8 Å². The van der Waals surface area contributed by atoms with Crippen molar-refractivity contribution in [3.8, 4) is 0 Å². The molecule has 0 spiro atoms. The molecule has 0 saturated heterocycles. The van der Waals surface area contributed by atoms with Crippen LogP contribution in [0.15, 0.2) is 36.4 Å². The maximum absolute atomic E-state index is 12.0. The number of hydrogen-bond acceptors (Lipinski definition) is 3. The fraction of sp³-hybridized carbons (Fsp3) is 0.250. The van der Waals surface area contributed by atoms with Gasteiger partial charge in [0, 0.05) is 12.2 Å². The van der Waals surface area contributed by atoms with E-state index in [0.717, 1.165) is 22.4 Å². The van der Waals surface area contributed by atoms with Crippen LogP contribution in [0.1, 0.15) is 22.4 Å². The van der Waals surface area contributed by atoms with E-state index >= 15 is 0 Å². The zero-order valence-electron chi connectivity index (χ0n) is 11.8. The highest BCUT2D eigenvalue weighted by molar-refractivity contribution is 5.91. The summed E-state index contributed by atoms with van der Waals surface area (Å²) in [6, 6.07) is 11.6. The van der Waals surface area contributed by atoms with E-state index in [4.69, 9.17) is 5.73 Å². The minimum atomic E-state index is -0.0667. The van der Waals surface area contributed by atoms with Gasteiger partial charge >= 0.3 is 0 Å². The van der Waals surface area contributed by atoms with Crippen LogP contribution in [0.25, 0.3) is 0 Å². The smallest absolute Gasteiger partial charge is 0.229 e. The van der Waals surface area contributed by atoms with Gasteiger partial charge in [-0.15, -0.1) is 0 Å². The van der Waals surface area contributed by atoms with E-state index in [1.165, 1.54) is 0 Å². The number of benzene rings is 1. The Morgan fingerprint density at radius 3 is 2.40 bits per heavy atom. The van der Waals surface area contributed by atoms with Crippen LogP contribution >= 0.6 is 0 Å². The molecule has 4 nitrogen and oxygen atoms in total. The Hall–Kier alpha value is -2.20. The third-order valence-electron chi connectivity index (χ3n) is 2.99. The van der Waals surface area contributed by atoms with Gasteiger partial charge in [0.1, 0.15) is 5.82 Å². The number of pyridine rings is 1. The third-order valence-corrected chi connectivity index (χ3v) is 2.99. The molecule has 0 aliphatic heterocycles. The van der Waals surface area contributed by atoms with E-state index in [2.05, 4.69) is 10.3 Å². The molecule has 0 radical (unpaired) electrons. The van der Waals surface area contributed by atoms with Gasteiger partial charge < -0.3 is 11.1 Å². The summed E-state index contributed by atoms with van der Waals surface area (Å²) < 4.78 is 0. The Balaban J connectivity index is 2.01. The summed E-state index contributed by atoms with van der Waals surface area (Å²) in [5.74, 6) is 0.536. The van der Waals surface area contributed by atoms with E-state index in [1.54, 1.807) is 0 Å². The van der Waals surface area contributed by atoms with Gasteiger partial charge in [-0.3, -0.25) is 4.79 Å². The van der Waals surface area contributed by atoms with Gasteiger partial charge in [-0.25, -0.2) is 4.98 Å². The van der Waals surface area contributed by atoms with Crippen molar-refractivity contribution in [3.05, 3.63) is 58.8 Å². The summed E-state index contributed by atoms with van der Waals surface area (Å²) in [5.41, 5.74) is 9.55. The number of hydrogen-bond donors (Lipinski definition) is 2. The van der Waals surface area contributed by atoms with Gasteiger partial charge in [0.25, 0.3) is 0 Å². The molecule has 1 heterocycles. The second-order valence-corrected chi connectivity index (χ2v) is 4.92. The predicted molar refractivity (Wildman–Crippen MR) is 80.4 cm³/mol. The lowest BCUT2D eigenvalue weighted by Crippen LogP contribution is -2.15.